The lowest BCUT2D eigenvalue weighted by Crippen LogP contribution is -2.28. The Bertz CT molecular complexity index is 3270. The van der Waals surface area contributed by atoms with Crippen molar-refractivity contribution in [3.8, 4) is 56.4 Å². The van der Waals surface area contributed by atoms with Crippen molar-refractivity contribution in [2.24, 2.45) is 0 Å². The fourth-order valence-corrected chi connectivity index (χ4v) is 10.2. The van der Waals surface area contributed by atoms with Crippen molar-refractivity contribution >= 4 is 21.9 Å². The van der Waals surface area contributed by atoms with E-state index in [1.807, 2.05) is 12.1 Å². The standard InChI is InChI=1S/C55H37N3O/c1-54(2)44-27-12-9-21-37(44)38-32-31-34(33-47(38)54)51-56-52(58-53(57-51)43-26-15-24-40-39-22-11-14-30-48(39)59-50(40)43)42-25-16-29-46-49(42)41-23-10-13-28-45(41)55(46,35-17-5-3-6-18-35)36-19-7-4-8-20-36/h3-33H,1-2H3. The third-order valence-corrected chi connectivity index (χ3v) is 12.8. The van der Waals surface area contributed by atoms with Gasteiger partial charge in [0.05, 0.1) is 11.0 Å². The van der Waals surface area contributed by atoms with Crippen LogP contribution in [0.5, 0.6) is 0 Å². The summed E-state index contributed by atoms with van der Waals surface area (Å²) in [5.41, 5.74) is 15.9. The summed E-state index contributed by atoms with van der Waals surface area (Å²) in [6.07, 6.45) is 0. The van der Waals surface area contributed by atoms with Crippen molar-refractivity contribution in [3.63, 3.8) is 0 Å². The zero-order valence-corrected chi connectivity index (χ0v) is 32.6. The van der Waals surface area contributed by atoms with E-state index in [0.717, 1.165) is 44.2 Å². The first-order valence-electron chi connectivity index (χ1n) is 20.3. The van der Waals surface area contributed by atoms with Crippen molar-refractivity contribution in [1.82, 2.24) is 15.0 Å². The Kier molecular flexibility index (Phi) is 7.16. The fraction of sp³-hybridized carbons (Fsp3) is 0.0727. The van der Waals surface area contributed by atoms with E-state index in [2.05, 4.69) is 190 Å². The van der Waals surface area contributed by atoms with Gasteiger partial charge in [-0.2, -0.15) is 0 Å². The highest BCUT2D eigenvalue weighted by atomic mass is 16.3. The minimum atomic E-state index is -0.552. The van der Waals surface area contributed by atoms with E-state index in [0.29, 0.717) is 17.5 Å². The van der Waals surface area contributed by atoms with E-state index in [1.54, 1.807) is 0 Å². The highest BCUT2D eigenvalue weighted by Crippen LogP contribution is 2.58. The smallest absolute Gasteiger partial charge is 0.167 e. The quantitative estimate of drug-likeness (QED) is 0.176. The molecule has 0 saturated heterocycles. The summed E-state index contributed by atoms with van der Waals surface area (Å²) in [5, 5.41) is 2.10. The first-order valence-corrected chi connectivity index (χ1v) is 20.3. The molecule has 0 N–H and O–H groups in total. The highest BCUT2D eigenvalue weighted by Gasteiger charge is 2.47. The van der Waals surface area contributed by atoms with Gasteiger partial charge in [-0.3, -0.25) is 0 Å². The van der Waals surface area contributed by atoms with E-state index in [9.17, 15) is 0 Å². The number of hydrogen-bond donors (Lipinski definition) is 0. The van der Waals surface area contributed by atoms with Crippen molar-refractivity contribution < 1.29 is 4.42 Å². The van der Waals surface area contributed by atoms with Gasteiger partial charge in [-0.15, -0.1) is 0 Å². The molecule has 0 saturated carbocycles. The topological polar surface area (TPSA) is 51.8 Å². The van der Waals surface area contributed by atoms with E-state index in [-0.39, 0.29) is 5.41 Å². The molecule has 2 aliphatic carbocycles. The minimum absolute atomic E-state index is 0.178. The van der Waals surface area contributed by atoms with E-state index in [4.69, 9.17) is 19.4 Å². The normalized spacial score (nSPS) is 14.2. The van der Waals surface area contributed by atoms with Gasteiger partial charge in [-0.25, -0.2) is 15.0 Å². The molecule has 278 valence electrons. The van der Waals surface area contributed by atoms with Gasteiger partial charge in [0, 0.05) is 27.3 Å². The molecule has 0 radical (unpaired) electrons. The van der Waals surface area contributed by atoms with Crippen LogP contribution in [0.15, 0.2) is 192 Å². The maximum absolute atomic E-state index is 6.60. The molecule has 4 nitrogen and oxygen atoms in total. The number of rotatable bonds is 5. The van der Waals surface area contributed by atoms with Crippen LogP contribution in [0.1, 0.15) is 47.2 Å². The van der Waals surface area contributed by atoms with Gasteiger partial charge in [0.1, 0.15) is 11.2 Å². The Balaban J connectivity index is 1.14. The summed E-state index contributed by atoms with van der Waals surface area (Å²) in [6.45, 7) is 4.62. The molecule has 0 fully saturated rings. The Labute approximate surface area is 342 Å². The van der Waals surface area contributed by atoms with Gasteiger partial charge in [0.15, 0.2) is 17.5 Å². The summed E-state index contributed by atoms with van der Waals surface area (Å²) in [5.74, 6) is 1.80. The van der Waals surface area contributed by atoms with Gasteiger partial charge in [-0.1, -0.05) is 184 Å². The van der Waals surface area contributed by atoms with Crippen LogP contribution in [-0.2, 0) is 10.8 Å². The summed E-state index contributed by atoms with van der Waals surface area (Å²) >= 11 is 0. The number of aromatic nitrogens is 3. The van der Waals surface area contributed by atoms with Crippen LogP contribution in [0.2, 0.25) is 0 Å². The SMILES string of the molecule is CC1(C)c2ccccc2-c2ccc(-c3nc(-c4cccc5c4-c4ccccc4C5(c4ccccc4)c4ccccc4)nc(-c4cccc5c4oc4ccccc45)n3)cc21. The highest BCUT2D eigenvalue weighted by molar-refractivity contribution is 6.09. The Morgan fingerprint density at radius 3 is 1.71 bits per heavy atom. The summed E-state index contributed by atoms with van der Waals surface area (Å²) in [7, 11) is 0. The largest absolute Gasteiger partial charge is 0.455 e. The third kappa shape index (κ3) is 4.74. The number of para-hydroxylation sites is 2. The van der Waals surface area contributed by atoms with Crippen LogP contribution in [0.3, 0.4) is 0 Å². The molecule has 12 rings (SSSR count). The second-order valence-corrected chi connectivity index (χ2v) is 16.3. The lowest BCUT2D eigenvalue weighted by molar-refractivity contribution is 0.660. The van der Waals surface area contributed by atoms with Crippen molar-refractivity contribution in [2.45, 2.75) is 24.7 Å². The molecule has 2 aliphatic rings. The molecule has 0 amide bonds. The minimum Gasteiger partial charge on any atom is -0.455 e. The van der Waals surface area contributed by atoms with Crippen molar-refractivity contribution in [2.75, 3.05) is 0 Å². The van der Waals surface area contributed by atoms with Crippen molar-refractivity contribution in [1.29, 1.82) is 0 Å². The third-order valence-electron chi connectivity index (χ3n) is 12.8. The molecule has 0 unspecified atom stereocenters. The molecule has 4 heteroatoms. The van der Waals surface area contributed by atoms with Gasteiger partial charge >= 0.3 is 0 Å². The average Bonchev–Trinajstić information content (AvgIpc) is 3.91. The molecule has 10 aromatic rings. The van der Waals surface area contributed by atoms with Crippen LogP contribution >= 0.6 is 0 Å². The average molecular weight is 756 g/mol. The fourth-order valence-electron chi connectivity index (χ4n) is 10.2. The van der Waals surface area contributed by atoms with E-state index < -0.39 is 5.41 Å². The molecule has 0 atom stereocenters. The van der Waals surface area contributed by atoms with Gasteiger partial charge < -0.3 is 4.42 Å². The lowest BCUT2D eigenvalue weighted by Gasteiger charge is -2.33. The van der Waals surface area contributed by atoms with Crippen LogP contribution in [-0.4, -0.2) is 15.0 Å². The van der Waals surface area contributed by atoms with Gasteiger partial charge in [-0.05, 0) is 73.8 Å². The number of nitrogens with zero attached hydrogens (tertiary/aromatic N) is 3. The number of hydrogen-bond acceptors (Lipinski definition) is 4. The predicted molar refractivity (Wildman–Crippen MR) is 238 cm³/mol. The molecule has 2 heterocycles. The summed E-state index contributed by atoms with van der Waals surface area (Å²) < 4.78 is 6.60. The summed E-state index contributed by atoms with van der Waals surface area (Å²) in [6, 6.07) is 67.1. The molecule has 59 heavy (non-hydrogen) atoms. The van der Waals surface area contributed by atoms with Gasteiger partial charge in [0.25, 0.3) is 0 Å². The molecule has 0 aliphatic heterocycles. The maximum Gasteiger partial charge on any atom is 0.167 e. The predicted octanol–water partition coefficient (Wildman–Crippen LogP) is 13.4. The molecular weight excluding hydrogens is 719 g/mol. The van der Waals surface area contributed by atoms with Crippen molar-refractivity contribution in [3.05, 3.63) is 221 Å². The number of furan rings is 1. The second kappa shape index (κ2) is 12.5. The van der Waals surface area contributed by atoms with Crippen LogP contribution in [0.25, 0.3) is 78.4 Å². The number of benzene rings is 8. The zero-order valence-electron chi connectivity index (χ0n) is 32.6. The van der Waals surface area contributed by atoms with Crippen LogP contribution in [0.4, 0.5) is 0 Å². The second-order valence-electron chi connectivity index (χ2n) is 16.3. The summed E-state index contributed by atoms with van der Waals surface area (Å²) in [4.78, 5) is 16.2. The number of fused-ring (bicyclic) bond motifs is 9. The first kappa shape index (κ1) is 33.7. The maximum atomic E-state index is 6.60. The molecule has 8 aromatic carbocycles. The molecular formula is C55H37N3O. The van der Waals surface area contributed by atoms with Crippen LogP contribution in [0, 0.1) is 0 Å². The molecule has 0 bridgehead atoms. The monoisotopic (exact) mass is 755 g/mol. The Morgan fingerprint density at radius 1 is 0.390 bits per heavy atom. The first-order chi connectivity index (χ1) is 29.0. The van der Waals surface area contributed by atoms with Crippen LogP contribution < -0.4 is 0 Å². The molecule has 2 aromatic heterocycles. The van der Waals surface area contributed by atoms with E-state index >= 15 is 0 Å². The Morgan fingerprint density at radius 2 is 0.932 bits per heavy atom. The zero-order chi connectivity index (χ0) is 39.3. The van der Waals surface area contributed by atoms with Gasteiger partial charge in [0.2, 0.25) is 0 Å². The lowest BCUT2D eigenvalue weighted by atomic mass is 9.67. The Hall–Kier alpha value is -7.43. The molecule has 0 spiro atoms. The van der Waals surface area contributed by atoms with E-state index in [1.165, 1.54) is 50.1 Å².